The number of rotatable bonds is 6. The molecule has 1 N–H and O–H groups in total. The maximum Gasteiger partial charge on any atom is 0.416 e. The monoisotopic (exact) mass is 391 g/mol. The summed E-state index contributed by atoms with van der Waals surface area (Å²) < 4.78 is 37.8. The molecule has 0 radical (unpaired) electrons. The summed E-state index contributed by atoms with van der Waals surface area (Å²) in [6.45, 7) is 0. The van der Waals surface area contributed by atoms with Gasteiger partial charge >= 0.3 is 6.18 Å². The van der Waals surface area contributed by atoms with Crippen LogP contribution in [0.5, 0.6) is 0 Å². The standard InChI is InChI=1S/C19H16F3N3OS/c20-19(21,22)15-6-3-13(4-7-15)10-16-12-24-18(27-16)25-17(26)8-5-14-2-1-9-23-11-14/h1-4,6-7,9,11-12H,5,8,10H2,(H,24,25,26). The first-order valence-corrected chi connectivity index (χ1v) is 9.01. The molecule has 140 valence electrons. The molecule has 0 aliphatic heterocycles. The summed E-state index contributed by atoms with van der Waals surface area (Å²) >= 11 is 1.31. The topological polar surface area (TPSA) is 54.9 Å². The van der Waals surface area contributed by atoms with Crippen molar-refractivity contribution in [2.24, 2.45) is 0 Å². The molecule has 0 unspecified atom stereocenters. The second-order valence-electron chi connectivity index (χ2n) is 5.91. The minimum atomic E-state index is -4.34. The lowest BCUT2D eigenvalue weighted by Gasteiger charge is -2.06. The highest BCUT2D eigenvalue weighted by Gasteiger charge is 2.29. The number of hydrogen-bond donors (Lipinski definition) is 1. The Labute approximate surface area is 158 Å². The summed E-state index contributed by atoms with van der Waals surface area (Å²) in [5, 5.41) is 3.23. The zero-order valence-corrected chi connectivity index (χ0v) is 15.0. The largest absolute Gasteiger partial charge is 0.416 e. The Morgan fingerprint density at radius 3 is 2.52 bits per heavy atom. The van der Waals surface area contributed by atoms with Crippen LogP contribution in [0.15, 0.2) is 55.0 Å². The number of anilines is 1. The van der Waals surface area contributed by atoms with Gasteiger partial charge in [0.15, 0.2) is 5.13 Å². The smallest absolute Gasteiger partial charge is 0.302 e. The van der Waals surface area contributed by atoms with Crippen molar-refractivity contribution in [2.45, 2.75) is 25.4 Å². The third-order valence-corrected chi connectivity index (χ3v) is 4.74. The van der Waals surface area contributed by atoms with Crippen LogP contribution in [-0.2, 0) is 23.8 Å². The average molecular weight is 391 g/mol. The van der Waals surface area contributed by atoms with Crippen LogP contribution in [0.3, 0.4) is 0 Å². The molecule has 2 aromatic heterocycles. The number of pyridine rings is 1. The fraction of sp³-hybridized carbons (Fsp3) is 0.211. The number of benzene rings is 1. The Kier molecular flexibility index (Phi) is 5.85. The number of thiazole rings is 1. The molecule has 1 aromatic carbocycles. The van der Waals surface area contributed by atoms with E-state index in [1.54, 1.807) is 18.6 Å². The van der Waals surface area contributed by atoms with Gasteiger partial charge < -0.3 is 5.32 Å². The molecule has 0 atom stereocenters. The van der Waals surface area contributed by atoms with Gasteiger partial charge in [0.05, 0.1) is 5.56 Å². The van der Waals surface area contributed by atoms with E-state index in [9.17, 15) is 18.0 Å². The van der Waals surface area contributed by atoms with Crippen LogP contribution in [0.2, 0.25) is 0 Å². The molecule has 0 aliphatic carbocycles. The molecule has 4 nitrogen and oxygen atoms in total. The predicted molar refractivity (Wildman–Crippen MR) is 97.6 cm³/mol. The Bertz CT molecular complexity index is 893. The SMILES string of the molecule is O=C(CCc1cccnc1)Nc1ncc(Cc2ccc(C(F)(F)F)cc2)s1. The summed E-state index contributed by atoms with van der Waals surface area (Å²) in [4.78, 5) is 21.0. The van der Waals surface area contributed by atoms with Gasteiger partial charge in [-0.05, 0) is 35.7 Å². The van der Waals surface area contributed by atoms with Gasteiger partial charge in [0.25, 0.3) is 0 Å². The third-order valence-electron chi connectivity index (χ3n) is 3.82. The molecule has 3 rings (SSSR count). The first kappa shape index (κ1) is 19.0. The van der Waals surface area contributed by atoms with Crippen molar-refractivity contribution in [3.8, 4) is 0 Å². The number of aryl methyl sites for hydroxylation is 1. The van der Waals surface area contributed by atoms with E-state index in [0.29, 0.717) is 24.4 Å². The van der Waals surface area contributed by atoms with Crippen molar-refractivity contribution in [3.63, 3.8) is 0 Å². The normalized spacial score (nSPS) is 11.4. The highest BCUT2D eigenvalue weighted by atomic mass is 32.1. The van der Waals surface area contributed by atoms with E-state index in [4.69, 9.17) is 0 Å². The molecule has 2 heterocycles. The minimum absolute atomic E-state index is 0.144. The van der Waals surface area contributed by atoms with E-state index >= 15 is 0 Å². The van der Waals surface area contributed by atoms with E-state index in [1.165, 1.54) is 23.5 Å². The molecule has 0 bridgehead atoms. The predicted octanol–water partition coefficient (Wildman–Crippen LogP) is 4.72. The van der Waals surface area contributed by atoms with Crippen LogP contribution in [0.25, 0.3) is 0 Å². The number of amides is 1. The summed E-state index contributed by atoms with van der Waals surface area (Å²) in [7, 11) is 0. The fourth-order valence-corrected chi connectivity index (χ4v) is 3.31. The third kappa shape index (κ3) is 5.62. The molecule has 0 saturated carbocycles. The number of nitrogens with zero attached hydrogens (tertiary/aromatic N) is 2. The van der Waals surface area contributed by atoms with Gasteiger partial charge in [-0.1, -0.05) is 18.2 Å². The van der Waals surface area contributed by atoms with E-state index in [0.717, 1.165) is 28.1 Å². The zero-order valence-electron chi connectivity index (χ0n) is 14.2. The quantitative estimate of drug-likeness (QED) is 0.662. The molecule has 0 aliphatic rings. The number of halogens is 3. The Morgan fingerprint density at radius 1 is 1.07 bits per heavy atom. The second kappa shape index (κ2) is 8.30. The lowest BCUT2D eigenvalue weighted by atomic mass is 10.1. The number of alkyl halides is 3. The van der Waals surface area contributed by atoms with Crippen LogP contribution in [-0.4, -0.2) is 15.9 Å². The Balaban J connectivity index is 1.53. The second-order valence-corrected chi connectivity index (χ2v) is 7.03. The lowest BCUT2D eigenvalue weighted by Crippen LogP contribution is -2.12. The fourth-order valence-electron chi connectivity index (χ4n) is 2.45. The highest BCUT2D eigenvalue weighted by Crippen LogP contribution is 2.30. The zero-order chi connectivity index (χ0) is 19.3. The van der Waals surface area contributed by atoms with E-state index in [1.807, 2.05) is 12.1 Å². The van der Waals surface area contributed by atoms with E-state index in [2.05, 4.69) is 15.3 Å². The van der Waals surface area contributed by atoms with Gasteiger partial charge in [-0.2, -0.15) is 13.2 Å². The number of carbonyl (C=O) groups excluding carboxylic acids is 1. The van der Waals surface area contributed by atoms with Crippen molar-refractivity contribution in [1.29, 1.82) is 0 Å². The van der Waals surface area contributed by atoms with Crippen LogP contribution >= 0.6 is 11.3 Å². The van der Waals surface area contributed by atoms with Crippen molar-refractivity contribution < 1.29 is 18.0 Å². The first-order chi connectivity index (χ1) is 12.9. The van der Waals surface area contributed by atoms with Gasteiger partial charge in [0.1, 0.15) is 0 Å². The summed E-state index contributed by atoms with van der Waals surface area (Å²) in [5.41, 5.74) is 1.06. The molecular formula is C19H16F3N3OS. The van der Waals surface area contributed by atoms with Crippen LogP contribution < -0.4 is 5.32 Å². The highest BCUT2D eigenvalue weighted by molar-refractivity contribution is 7.15. The number of nitrogens with one attached hydrogen (secondary N) is 1. The van der Waals surface area contributed by atoms with Crippen LogP contribution in [0, 0.1) is 0 Å². The number of carbonyl (C=O) groups is 1. The van der Waals surface area contributed by atoms with Crippen molar-refractivity contribution in [3.05, 3.63) is 76.6 Å². The minimum Gasteiger partial charge on any atom is -0.302 e. The van der Waals surface area contributed by atoms with Gasteiger partial charge in [0, 0.05) is 36.3 Å². The van der Waals surface area contributed by atoms with Gasteiger partial charge in [-0.25, -0.2) is 4.98 Å². The van der Waals surface area contributed by atoms with Gasteiger partial charge in [-0.3, -0.25) is 9.78 Å². The molecule has 3 aromatic rings. The molecule has 1 amide bonds. The Morgan fingerprint density at radius 2 is 1.85 bits per heavy atom. The lowest BCUT2D eigenvalue weighted by molar-refractivity contribution is -0.137. The maximum absolute atomic E-state index is 12.6. The van der Waals surface area contributed by atoms with Gasteiger partial charge in [-0.15, -0.1) is 11.3 Å². The van der Waals surface area contributed by atoms with Crippen LogP contribution in [0.4, 0.5) is 18.3 Å². The summed E-state index contributed by atoms with van der Waals surface area (Å²) in [6, 6.07) is 8.77. The molecule has 8 heteroatoms. The molecule has 0 spiro atoms. The van der Waals surface area contributed by atoms with Crippen molar-refractivity contribution >= 4 is 22.4 Å². The molecule has 0 saturated heterocycles. The van der Waals surface area contributed by atoms with E-state index in [-0.39, 0.29) is 5.91 Å². The average Bonchev–Trinajstić information content (AvgIpc) is 3.07. The van der Waals surface area contributed by atoms with Crippen molar-refractivity contribution in [2.75, 3.05) is 5.32 Å². The van der Waals surface area contributed by atoms with E-state index < -0.39 is 11.7 Å². The van der Waals surface area contributed by atoms with Crippen LogP contribution in [0.1, 0.15) is 28.0 Å². The van der Waals surface area contributed by atoms with Gasteiger partial charge in [0.2, 0.25) is 5.91 Å². The Hall–Kier alpha value is -2.74. The maximum atomic E-state index is 12.6. The number of hydrogen-bond acceptors (Lipinski definition) is 4. The molecule has 0 fully saturated rings. The molecular weight excluding hydrogens is 375 g/mol. The summed E-state index contributed by atoms with van der Waals surface area (Å²) in [6.07, 6.45) is 2.05. The summed E-state index contributed by atoms with van der Waals surface area (Å²) in [5.74, 6) is -0.144. The first-order valence-electron chi connectivity index (χ1n) is 8.20. The van der Waals surface area contributed by atoms with Crippen molar-refractivity contribution in [1.82, 2.24) is 9.97 Å². The molecule has 27 heavy (non-hydrogen) atoms. The number of aromatic nitrogens is 2.